The maximum absolute atomic E-state index is 12.3. The summed E-state index contributed by atoms with van der Waals surface area (Å²) in [5.41, 5.74) is 0. The summed E-state index contributed by atoms with van der Waals surface area (Å²) in [6.07, 6.45) is 0.954. The van der Waals surface area contributed by atoms with E-state index in [2.05, 4.69) is 0 Å². The average Bonchev–Trinajstić information content (AvgIpc) is 2.70. The van der Waals surface area contributed by atoms with Gasteiger partial charge in [-0.1, -0.05) is 13.8 Å². The predicted molar refractivity (Wildman–Crippen MR) is 77.8 cm³/mol. The third kappa shape index (κ3) is 4.34. The summed E-state index contributed by atoms with van der Waals surface area (Å²) < 4.78 is 47.8. The fraction of sp³-hybridized carbons (Fsp3) is 0.900. The summed E-state index contributed by atoms with van der Waals surface area (Å²) in [4.78, 5) is 11.2. The molecule has 10 heteroatoms. The Balaban J connectivity index is 3.05. The SMILES string of the molecule is CC(C)C1SCC(C(=O)O)N1S(=O)(=O)CCS(C)(=O)=O. The second-order valence-corrected chi connectivity index (χ2v) is 10.5. The Labute approximate surface area is 123 Å². The molecule has 0 radical (unpaired) electrons. The van der Waals surface area contributed by atoms with Crippen LogP contribution in [0.15, 0.2) is 0 Å². The van der Waals surface area contributed by atoms with Crippen molar-refractivity contribution in [1.29, 1.82) is 0 Å². The van der Waals surface area contributed by atoms with Gasteiger partial charge in [0.25, 0.3) is 0 Å². The molecule has 0 amide bonds. The Morgan fingerprint density at radius 3 is 2.25 bits per heavy atom. The second kappa shape index (κ2) is 6.20. The minimum atomic E-state index is -3.93. The Hall–Kier alpha value is -0.320. The van der Waals surface area contributed by atoms with Crippen LogP contribution in [-0.2, 0) is 24.7 Å². The highest BCUT2D eigenvalue weighted by Gasteiger charge is 2.46. The molecule has 2 unspecified atom stereocenters. The smallest absolute Gasteiger partial charge is 0.322 e. The Kier molecular flexibility index (Phi) is 5.50. The third-order valence-electron chi connectivity index (χ3n) is 2.87. The van der Waals surface area contributed by atoms with Crippen LogP contribution >= 0.6 is 11.8 Å². The van der Waals surface area contributed by atoms with Gasteiger partial charge in [0.15, 0.2) is 0 Å². The van der Waals surface area contributed by atoms with Gasteiger partial charge >= 0.3 is 5.97 Å². The van der Waals surface area contributed by atoms with Crippen LogP contribution in [0.5, 0.6) is 0 Å². The highest BCUT2D eigenvalue weighted by atomic mass is 32.2. The number of sulfonamides is 1. The van der Waals surface area contributed by atoms with Gasteiger partial charge in [-0.15, -0.1) is 11.8 Å². The lowest BCUT2D eigenvalue weighted by Gasteiger charge is -2.28. The van der Waals surface area contributed by atoms with E-state index in [9.17, 15) is 21.6 Å². The van der Waals surface area contributed by atoms with Gasteiger partial charge in [0.1, 0.15) is 15.9 Å². The molecule has 1 aliphatic heterocycles. The van der Waals surface area contributed by atoms with Crippen LogP contribution in [0.25, 0.3) is 0 Å². The molecular weight excluding hydrogens is 326 g/mol. The fourth-order valence-corrected chi connectivity index (χ4v) is 7.30. The molecule has 0 aliphatic carbocycles. The van der Waals surface area contributed by atoms with Crippen molar-refractivity contribution >= 4 is 37.6 Å². The van der Waals surface area contributed by atoms with Gasteiger partial charge < -0.3 is 5.11 Å². The molecule has 1 fully saturated rings. The zero-order valence-corrected chi connectivity index (χ0v) is 14.0. The number of hydrogen-bond acceptors (Lipinski definition) is 6. The lowest BCUT2D eigenvalue weighted by Crippen LogP contribution is -2.48. The number of aliphatic carboxylic acids is 1. The minimum absolute atomic E-state index is 0.0580. The van der Waals surface area contributed by atoms with Gasteiger partial charge in [0.2, 0.25) is 10.0 Å². The molecule has 1 saturated heterocycles. The van der Waals surface area contributed by atoms with E-state index in [-0.39, 0.29) is 11.7 Å². The van der Waals surface area contributed by atoms with Gasteiger partial charge in [0, 0.05) is 12.0 Å². The van der Waals surface area contributed by atoms with E-state index in [0.29, 0.717) is 0 Å². The van der Waals surface area contributed by atoms with Crippen LogP contribution in [0.1, 0.15) is 13.8 Å². The maximum Gasteiger partial charge on any atom is 0.322 e. The summed E-state index contributed by atoms with van der Waals surface area (Å²) in [6.45, 7) is 3.61. The summed E-state index contributed by atoms with van der Waals surface area (Å²) in [5, 5.41) is 8.67. The first-order valence-corrected chi connectivity index (χ1v) is 10.7. The Bertz CT molecular complexity index is 568. The molecule has 0 spiro atoms. The number of nitrogens with zero attached hydrogens (tertiary/aromatic N) is 1. The zero-order chi connectivity index (χ0) is 15.7. The third-order valence-corrected chi connectivity index (χ3v) is 7.67. The van der Waals surface area contributed by atoms with E-state index in [4.69, 9.17) is 5.11 Å². The summed E-state index contributed by atoms with van der Waals surface area (Å²) in [5.74, 6) is -2.18. The lowest BCUT2D eigenvalue weighted by molar-refractivity contribution is -0.140. The number of carbonyl (C=O) groups is 1. The van der Waals surface area contributed by atoms with Crippen molar-refractivity contribution in [1.82, 2.24) is 4.31 Å². The second-order valence-electron chi connectivity index (χ2n) is 5.10. The topological polar surface area (TPSA) is 109 Å². The van der Waals surface area contributed by atoms with E-state index < -0.39 is 48.8 Å². The molecule has 118 valence electrons. The van der Waals surface area contributed by atoms with E-state index in [1.165, 1.54) is 11.8 Å². The van der Waals surface area contributed by atoms with Gasteiger partial charge in [-0.2, -0.15) is 4.31 Å². The van der Waals surface area contributed by atoms with Crippen LogP contribution in [0.2, 0.25) is 0 Å². The molecule has 20 heavy (non-hydrogen) atoms. The molecule has 1 N–H and O–H groups in total. The first-order chi connectivity index (χ1) is 8.96. The number of rotatable bonds is 6. The van der Waals surface area contributed by atoms with Gasteiger partial charge in [-0.25, -0.2) is 16.8 Å². The molecule has 0 aromatic heterocycles. The summed E-state index contributed by atoms with van der Waals surface area (Å²) in [6, 6.07) is -1.13. The zero-order valence-electron chi connectivity index (χ0n) is 11.5. The Morgan fingerprint density at radius 1 is 1.30 bits per heavy atom. The van der Waals surface area contributed by atoms with Gasteiger partial charge in [-0.3, -0.25) is 4.79 Å². The van der Waals surface area contributed by atoms with Crippen molar-refractivity contribution in [3.8, 4) is 0 Å². The van der Waals surface area contributed by atoms with Crippen LogP contribution in [-0.4, -0.2) is 67.1 Å². The quantitative estimate of drug-likeness (QED) is 0.712. The summed E-state index contributed by atoms with van der Waals surface area (Å²) in [7, 11) is -7.35. The Morgan fingerprint density at radius 2 is 1.85 bits per heavy atom. The van der Waals surface area contributed by atoms with E-state index >= 15 is 0 Å². The fourth-order valence-electron chi connectivity index (χ4n) is 1.89. The van der Waals surface area contributed by atoms with E-state index in [0.717, 1.165) is 10.6 Å². The van der Waals surface area contributed by atoms with Crippen molar-refractivity contribution in [2.24, 2.45) is 5.92 Å². The number of sulfone groups is 1. The number of carboxylic acid groups (broad SMARTS) is 1. The van der Waals surface area contributed by atoms with Crippen LogP contribution < -0.4 is 0 Å². The largest absolute Gasteiger partial charge is 0.480 e. The molecule has 1 aliphatic rings. The number of hydrogen-bond donors (Lipinski definition) is 1. The number of thioether (sulfide) groups is 1. The van der Waals surface area contributed by atoms with Crippen molar-refractivity contribution in [2.45, 2.75) is 25.3 Å². The summed E-state index contributed by atoms with van der Waals surface area (Å²) >= 11 is 1.27. The van der Waals surface area contributed by atoms with Crippen molar-refractivity contribution in [3.63, 3.8) is 0 Å². The molecule has 1 rings (SSSR count). The van der Waals surface area contributed by atoms with E-state index in [1.54, 1.807) is 13.8 Å². The van der Waals surface area contributed by atoms with Crippen LogP contribution in [0, 0.1) is 5.92 Å². The molecule has 0 aromatic carbocycles. The van der Waals surface area contributed by atoms with Crippen molar-refractivity contribution in [3.05, 3.63) is 0 Å². The minimum Gasteiger partial charge on any atom is -0.480 e. The van der Waals surface area contributed by atoms with Crippen LogP contribution in [0.4, 0.5) is 0 Å². The van der Waals surface area contributed by atoms with Crippen molar-refractivity contribution in [2.75, 3.05) is 23.5 Å². The lowest BCUT2D eigenvalue weighted by atomic mass is 10.2. The maximum atomic E-state index is 12.3. The normalized spacial score (nSPS) is 25.2. The molecule has 7 nitrogen and oxygen atoms in total. The average molecular weight is 345 g/mol. The van der Waals surface area contributed by atoms with Gasteiger partial charge in [0.05, 0.1) is 16.9 Å². The molecule has 2 atom stereocenters. The number of carboxylic acids is 1. The monoisotopic (exact) mass is 345 g/mol. The standard InChI is InChI=1S/C10H19NO6S3/c1-7(2)9-11(8(6-18-9)10(12)13)20(16,17)5-4-19(3,14)15/h7-9H,4-6H2,1-3H3,(H,12,13). The molecule has 0 bridgehead atoms. The predicted octanol–water partition coefficient (Wildman–Crippen LogP) is -0.155. The first kappa shape index (κ1) is 17.7. The van der Waals surface area contributed by atoms with Crippen molar-refractivity contribution < 1.29 is 26.7 Å². The molecule has 1 heterocycles. The first-order valence-electron chi connectivity index (χ1n) is 5.99. The highest BCUT2D eigenvalue weighted by Crippen LogP contribution is 2.36. The highest BCUT2D eigenvalue weighted by molar-refractivity contribution is 8.01. The molecule has 0 aromatic rings. The molecular formula is C10H19NO6S3. The van der Waals surface area contributed by atoms with Crippen LogP contribution in [0.3, 0.4) is 0 Å². The van der Waals surface area contributed by atoms with Gasteiger partial charge in [-0.05, 0) is 5.92 Å². The molecule has 0 saturated carbocycles. The van der Waals surface area contributed by atoms with E-state index in [1.807, 2.05) is 0 Å².